The summed E-state index contributed by atoms with van der Waals surface area (Å²) < 4.78 is 10.6. The van der Waals surface area contributed by atoms with Crippen LogP contribution in [0.5, 0.6) is 11.5 Å². The minimum absolute atomic E-state index is 0.104. The van der Waals surface area contributed by atoms with Gasteiger partial charge in [-0.05, 0) is 48.9 Å². The summed E-state index contributed by atoms with van der Waals surface area (Å²) in [5.74, 6) is 1.41. The number of benzene rings is 2. The molecule has 0 heterocycles. The van der Waals surface area contributed by atoms with Gasteiger partial charge in [-0.25, -0.2) is 0 Å². The Hall–Kier alpha value is -2.40. The van der Waals surface area contributed by atoms with Crippen LogP contribution < -0.4 is 20.1 Å². The first-order valence-corrected chi connectivity index (χ1v) is 8.00. The molecule has 0 saturated carbocycles. The first-order chi connectivity index (χ1) is 11.6. The fraction of sp³-hybridized carbons (Fsp3) is 0.278. The van der Waals surface area contributed by atoms with Crippen molar-refractivity contribution in [2.75, 3.05) is 32.1 Å². The zero-order chi connectivity index (χ0) is 17.4. The van der Waals surface area contributed by atoms with Crippen molar-refractivity contribution in [3.63, 3.8) is 0 Å². The predicted molar refractivity (Wildman–Crippen MR) is 96.2 cm³/mol. The van der Waals surface area contributed by atoms with Crippen molar-refractivity contribution in [1.29, 1.82) is 0 Å². The van der Waals surface area contributed by atoms with E-state index in [-0.39, 0.29) is 12.5 Å². The van der Waals surface area contributed by atoms with Crippen LogP contribution in [-0.2, 0) is 4.79 Å². The Bertz CT molecular complexity index is 674. The van der Waals surface area contributed by atoms with Crippen LogP contribution in [0.3, 0.4) is 0 Å². The summed E-state index contributed by atoms with van der Waals surface area (Å²) in [4.78, 5) is 11.8. The smallest absolute Gasteiger partial charge is 0.239 e. The highest BCUT2D eigenvalue weighted by molar-refractivity contribution is 6.31. The number of amides is 1. The van der Waals surface area contributed by atoms with Gasteiger partial charge in [0.15, 0.2) is 0 Å². The number of carbonyl (C=O) groups is 1. The lowest BCUT2D eigenvalue weighted by Crippen LogP contribution is -2.33. The van der Waals surface area contributed by atoms with Gasteiger partial charge >= 0.3 is 0 Å². The van der Waals surface area contributed by atoms with E-state index < -0.39 is 0 Å². The third-order valence-electron chi connectivity index (χ3n) is 3.46. The Morgan fingerprint density at radius 1 is 1.12 bits per heavy atom. The summed E-state index contributed by atoms with van der Waals surface area (Å²) in [6.45, 7) is 2.92. The Labute approximate surface area is 146 Å². The number of ether oxygens (including phenoxy) is 2. The topological polar surface area (TPSA) is 59.6 Å². The van der Waals surface area contributed by atoms with Gasteiger partial charge in [-0.15, -0.1) is 0 Å². The van der Waals surface area contributed by atoms with Crippen LogP contribution in [0.15, 0.2) is 42.5 Å². The number of halogens is 1. The number of carbonyl (C=O) groups excluding carboxylic acids is 1. The molecule has 2 aromatic carbocycles. The van der Waals surface area contributed by atoms with E-state index in [0.29, 0.717) is 18.2 Å². The van der Waals surface area contributed by atoms with E-state index >= 15 is 0 Å². The lowest BCUT2D eigenvalue weighted by molar-refractivity contribution is -0.119. The number of methoxy groups -OCH3 is 1. The van der Waals surface area contributed by atoms with Crippen LogP contribution in [0.2, 0.25) is 5.02 Å². The molecular weight excluding hydrogens is 328 g/mol. The largest absolute Gasteiger partial charge is 0.497 e. The zero-order valence-corrected chi connectivity index (χ0v) is 14.5. The van der Waals surface area contributed by atoms with E-state index in [1.807, 2.05) is 49.4 Å². The third kappa shape index (κ3) is 5.35. The van der Waals surface area contributed by atoms with Gasteiger partial charge < -0.3 is 20.1 Å². The second-order valence-corrected chi connectivity index (χ2v) is 5.55. The molecule has 0 bridgehead atoms. The Balaban J connectivity index is 1.67. The van der Waals surface area contributed by atoms with Crippen LogP contribution in [0.25, 0.3) is 0 Å². The standard InChI is InChI=1S/C18H21ClN2O3/c1-13-16(19)4-3-5-17(13)21-12-18(22)20-10-11-24-15-8-6-14(23-2)7-9-15/h3-9,21H,10-12H2,1-2H3,(H,20,22). The average molecular weight is 349 g/mol. The molecule has 0 fully saturated rings. The molecule has 0 aliphatic rings. The maximum absolute atomic E-state index is 11.8. The van der Waals surface area contributed by atoms with Crippen LogP contribution in [-0.4, -0.2) is 32.7 Å². The van der Waals surface area contributed by atoms with Gasteiger partial charge in [0.25, 0.3) is 0 Å². The number of anilines is 1. The maximum atomic E-state index is 11.8. The van der Waals surface area contributed by atoms with Gasteiger partial charge in [-0.2, -0.15) is 0 Å². The quantitative estimate of drug-likeness (QED) is 0.719. The number of rotatable bonds is 8. The van der Waals surface area contributed by atoms with E-state index in [0.717, 1.165) is 22.7 Å². The molecule has 5 nitrogen and oxygen atoms in total. The fourth-order valence-corrected chi connectivity index (χ4v) is 2.24. The van der Waals surface area contributed by atoms with Gasteiger partial charge in [0.2, 0.25) is 5.91 Å². The van der Waals surface area contributed by atoms with E-state index in [2.05, 4.69) is 10.6 Å². The second-order valence-electron chi connectivity index (χ2n) is 5.14. The predicted octanol–water partition coefficient (Wildman–Crippen LogP) is 3.26. The molecule has 0 unspecified atom stereocenters. The summed E-state index contributed by atoms with van der Waals surface area (Å²) in [6, 6.07) is 12.8. The van der Waals surface area contributed by atoms with Crippen molar-refractivity contribution in [3.8, 4) is 11.5 Å². The lowest BCUT2D eigenvalue weighted by atomic mass is 10.2. The molecule has 0 spiro atoms. The van der Waals surface area contributed by atoms with E-state index in [1.54, 1.807) is 7.11 Å². The molecule has 0 atom stereocenters. The molecule has 24 heavy (non-hydrogen) atoms. The maximum Gasteiger partial charge on any atom is 0.239 e. The Morgan fingerprint density at radius 3 is 2.54 bits per heavy atom. The molecule has 2 rings (SSSR count). The second kappa shape index (κ2) is 9.03. The number of hydrogen-bond acceptors (Lipinski definition) is 4. The highest BCUT2D eigenvalue weighted by atomic mass is 35.5. The van der Waals surface area contributed by atoms with Crippen molar-refractivity contribution < 1.29 is 14.3 Å². The van der Waals surface area contributed by atoms with Gasteiger partial charge in [0.1, 0.15) is 18.1 Å². The first-order valence-electron chi connectivity index (χ1n) is 7.62. The monoisotopic (exact) mass is 348 g/mol. The number of nitrogens with one attached hydrogen (secondary N) is 2. The van der Waals surface area contributed by atoms with Gasteiger partial charge in [0, 0.05) is 10.7 Å². The minimum atomic E-state index is -0.104. The van der Waals surface area contributed by atoms with E-state index in [9.17, 15) is 4.79 Å². The van der Waals surface area contributed by atoms with Crippen molar-refractivity contribution in [1.82, 2.24) is 5.32 Å². The molecule has 0 aromatic heterocycles. The van der Waals surface area contributed by atoms with Crippen LogP contribution in [0.4, 0.5) is 5.69 Å². The summed E-state index contributed by atoms with van der Waals surface area (Å²) in [5, 5.41) is 6.54. The summed E-state index contributed by atoms with van der Waals surface area (Å²) >= 11 is 6.04. The average Bonchev–Trinajstić information content (AvgIpc) is 2.60. The molecule has 0 aliphatic heterocycles. The van der Waals surface area contributed by atoms with Gasteiger partial charge in [0.05, 0.1) is 20.2 Å². The van der Waals surface area contributed by atoms with Crippen LogP contribution in [0, 0.1) is 6.92 Å². The lowest BCUT2D eigenvalue weighted by Gasteiger charge is -2.11. The fourth-order valence-electron chi connectivity index (χ4n) is 2.07. The molecule has 6 heteroatoms. The number of hydrogen-bond donors (Lipinski definition) is 2. The van der Waals surface area contributed by atoms with Crippen LogP contribution >= 0.6 is 11.6 Å². The molecular formula is C18H21ClN2O3. The zero-order valence-electron chi connectivity index (χ0n) is 13.8. The molecule has 0 radical (unpaired) electrons. The highest BCUT2D eigenvalue weighted by Crippen LogP contribution is 2.22. The van der Waals surface area contributed by atoms with Crippen LogP contribution in [0.1, 0.15) is 5.56 Å². The molecule has 1 amide bonds. The molecule has 128 valence electrons. The normalized spacial score (nSPS) is 10.1. The SMILES string of the molecule is COc1ccc(OCCNC(=O)CNc2cccc(Cl)c2C)cc1. The van der Waals surface area contributed by atoms with Crippen molar-refractivity contribution in [3.05, 3.63) is 53.1 Å². The molecule has 2 aromatic rings. The first kappa shape index (κ1) is 17.9. The van der Waals surface area contributed by atoms with Crippen molar-refractivity contribution >= 4 is 23.2 Å². The molecule has 2 N–H and O–H groups in total. The van der Waals surface area contributed by atoms with E-state index in [1.165, 1.54) is 0 Å². The highest BCUT2D eigenvalue weighted by Gasteiger charge is 2.04. The van der Waals surface area contributed by atoms with Crippen molar-refractivity contribution in [2.45, 2.75) is 6.92 Å². The van der Waals surface area contributed by atoms with Gasteiger partial charge in [-0.3, -0.25) is 4.79 Å². The van der Waals surface area contributed by atoms with E-state index in [4.69, 9.17) is 21.1 Å². The molecule has 0 aliphatic carbocycles. The Kier molecular flexibility index (Phi) is 6.75. The minimum Gasteiger partial charge on any atom is -0.497 e. The van der Waals surface area contributed by atoms with Crippen molar-refractivity contribution in [2.24, 2.45) is 0 Å². The summed E-state index contributed by atoms with van der Waals surface area (Å²) in [7, 11) is 1.62. The molecule has 0 saturated heterocycles. The Morgan fingerprint density at radius 2 is 1.83 bits per heavy atom. The third-order valence-corrected chi connectivity index (χ3v) is 3.87. The van der Waals surface area contributed by atoms with Gasteiger partial charge in [-0.1, -0.05) is 17.7 Å². The summed E-state index contributed by atoms with van der Waals surface area (Å²) in [5.41, 5.74) is 1.78. The summed E-state index contributed by atoms with van der Waals surface area (Å²) in [6.07, 6.45) is 0.